The van der Waals surface area contributed by atoms with Crippen LogP contribution in [0.4, 0.5) is 11.4 Å². The summed E-state index contributed by atoms with van der Waals surface area (Å²) in [7, 11) is 0. The van der Waals surface area contributed by atoms with Crippen LogP contribution in [-0.4, -0.2) is 15.5 Å². The van der Waals surface area contributed by atoms with Crippen molar-refractivity contribution in [3.63, 3.8) is 0 Å². The molecular formula is C30H24N4O. The second kappa shape index (κ2) is 7.06. The molecule has 0 aliphatic carbocycles. The van der Waals surface area contributed by atoms with Gasteiger partial charge in [0.1, 0.15) is 5.82 Å². The first-order valence-electron chi connectivity index (χ1n) is 11.9. The minimum atomic E-state index is -1.12. The zero-order chi connectivity index (χ0) is 23.7. The molecule has 0 bridgehead atoms. The number of rotatable bonds is 2. The zero-order valence-corrected chi connectivity index (χ0v) is 19.6. The molecule has 3 heterocycles. The fourth-order valence-corrected chi connectivity index (χ4v) is 5.59. The SMILES string of the molecule is Cc1cc2nc3n(c2cc1C)C1(Nc2ccccc2-3)C(=O)N(Cc2ccccc2)c2ccccc21. The van der Waals surface area contributed by atoms with Crippen LogP contribution in [0, 0.1) is 13.8 Å². The number of carbonyl (C=O) groups is 1. The van der Waals surface area contributed by atoms with Gasteiger partial charge in [0, 0.05) is 16.8 Å². The topological polar surface area (TPSA) is 50.2 Å². The van der Waals surface area contributed by atoms with Crippen molar-refractivity contribution < 1.29 is 4.79 Å². The maximum absolute atomic E-state index is 14.6. The van der Waals surface area contributed by atoms with Crippen molar-refractivity contribution in [1.29, 1.82) is 0 Å². The summed E-state index contributed by atoms with van der Waals surface area (Å²) in [6, 6.07) is 30.7. The van der Waals surface area contributed by atoms with E-state index in [2.05, 4.69) is 60.1 Å². The quantitative estimate of drug-likeness (QED) is 0.355. The lowest BCUT2D eigenvalue weighted by Crippen LogP contribution is -2.53. The highest BCUT2D eigenvalue weighted by molar-refractivity contribution is 6.12. The van der Waals surface area contributed by atoms with Crippen LogP contribution in [0.25, 0.3) is 22.4 Å². The van der Waals surface area contributed by atoms with Crippen molar-refractivity contribution in [2.45, 2.75) is 26.1 Å². The molecule has 1 aromatic heterocycles. The molecule has 7 rings (SSSR count). The van der Waals surface area contributed by atoms with Gasteiger partial charge in [-0.05, 0) is 60.9 Å². The van der Waals surface area contributed by atoms with E-state index in [4.69, 9.17) is 4.98 Å². The second-order valence-corrected chi connectivity index (χ2v) is 9.47. The highest BCUT2D eigenvalue weighted by atomic mass is 16.2. The highest BCUT2D eigenvalue weighted by Crippen LogP contribution is 2.51. The molecule has 5 aromatic rings. The van der Waals surface area contributed by atoms with Crippen LogP contribution in [0.15, 0.2) is 91.0 Å². The first-order valence-corrected chi connectivity index (χ1v) is 11.9. The summed E-state index contributed by atoms with van der Waals surface area (Å²) in [5.41, 5.74) is 7.95. The average molecular weight is 457 g/mol. The molecular weight excluding hydrogens is 432 g/mol. The number of carbonyl (C=O) groups excluding carboxylic acids is 1. The summed E-state index contributed by atoms with van der Waals surface area (Å²) in [5, 5.41) is 3.69. The molecule has 0 saturated carbocycles. The minimum Gasteiger partial charge on any atom is -0.350 e. The number of hydrogen-bond donors (Lipinski definition) is 1. The Kier molecular flexibility index (Phi) is 4.04. The Labute approximate surface area is 203 Å². The lowest BCUT2D eigenvalue weighted by Gasteiger charge is -2.38. The molecule has 1 spiro atoms. The summed E-state index contributed by atoms with van der Waals surface area (Å²) in [6.07, 6.45) is 0. The predicted molar refractivity (Wildman–Crippen MR) is 139 cm³/mol. The molecule has 170 valence electrons. The molecule has 1 N–H and O–H groups in total. The number of nitrogens with zero attached hydrogens (tertiary/aromatic N) is 3. The van der Waals surface area contributed by atoms with Crippen molar-refractivity contribution in [3.05, 3.63) is 113 Å². The number of aryl methyl sites for hydroxylation is 2. The monoisotopic (exact) mass is 456 g/mol. The third kappa shape index (κ3) is 2.63. The van der Waals surface area contributed by atoms with Crippen molar-refractivity contribution in [2.24, 2.45) is 0 Å². The molecule has 2 aliphatic rings. The molecule has 2 aliphatic heterocycles. The van der Waals surface area contributed by atoms with Crippen LogP contribution in [-0.2, 0) is 17.0 Å². The van der Waals surface area contributed by atoms with Gasteiger partial charge in [0.15, 0.2) is 0 Å². The van der Waals surface area contributed by atoms with Crippen molar-refractivity contribution in [2.75, 3.05) is 10.2 Å². The lowest BCUT2D eigenvalue weighted by molar-refractivity contribution is -0.123. The van der Waals surface area contributed by atoms with Gasteiger partial charge in [0.25, 0.3) is 5.91 Å². The molecule has 35 heavy (non-hydrogen) atoms. The van der Waals surface area contributed by atoms with Gasteiger partial charge >= 0.3 is 0 Å². The fourth-order valence-electron chi connectivity index (χ4n) is 5.59. The lowest BCUT2D eigenvalue weighted by atomic mass is 9.95. The van der Waals surface area contributed by atoms with Gasteiger partial charge in [0.05, 0.1) is 23.3 Å². The van der Waals surface area contributed by atoms with Gasteiger partial charge in [-0.15, -0.1) is 0 Å². The number of anilines is 2. The number of para-hydroxylation sites is 2. The molecule has 1 amide bonds. The number of benzene rings is 4. The minimum absolute atomic E-state index is 0.00386. The van der Waals surface area contributed by atoms with E-state index in [1.165, 1.54) is 11.1 Å². The average Bonchev–Trinajstić information content (AvgIpc) is 3.35. The Balaban J connectivity index is 1.55. The number of fused-ring (bicyclic) bond motifs is 8. The summed E-state index contributed by atoms with van der Waals surface area (Å²) >= 11 is 0. The Morgan fingerprint density at radius 3 is 2.43 bits per heavy atom. The number of hydrogen-bond acceptors (Lipinski definition) is 3. The van der Waals surface area contributed by atoms with Gasteiger partial charge in [-0.1, -0.05) is 60.7 Å². The number of amides is 1. The summed E-state index contributed by atoms with van der Waals surface area (Å²) in [4.78, 5) is 21.6. The molecule has 0 fully saturated rings. The highest BCUT2D eigenvalue weighted by Gasteiger charge is 2.56. The fraction of sp³-hybridized carbons (Fsp3) is 0.133. The van der Waals surface area contributed by atoms with Crippen molar-refractivity contribution in [3.8, 4) is 11.4 Å². The first-order chi connectivity index (χ1) is 17.1. The van der Waals surface area contributed by atoms with E-state index in [-0.39, 0.29) is 5.91 Å². The smallest absolute Gasteiger partial charge is 0.279 e. The molecule has 5 heteroatoms. The van der Waals surface area contributed by atoms with Gasteiger partial charge in [-0.25, -0.2) is 4.98 Å². The molecule has 0 radical (unpaired) electrons. The third-order valence-electron chi connectivity index (χ3n) is 7.41. The Morgan fingerprint density at radius 2 is 1.57 bits per heavy atom. The zero-order valence-electron chi connectivity index (χ0n) is 19.6. The maximum atomic E-state index is 14.6. The van der Waals surface area contributed by atoms with Crippen molar-refractivity contribution in [1.82, 2.24) is 9.55 Å². The molecule has 1 unspecified atom stereocenters. The Hall–Kier alpha value is -4.38. The van der Waals surface area contributed by atoms with E-state index in [9.17, 15) is 4.79 Å². The second-order valence-electron chi connectivity index (χ2n) is 9.47. The molecule has 5 nitrogen and oxygen atoms in total. The maximum Gasteiger partial charge on any atom is 0.279 e. The Morgan fingerprint density at radius 1 is 0.857 bits per heavy atom. The van der Waals surface area contributed by atoms with E-state index in [1.807, 2.05) is 59.5 Å². The predicted octanol–water partition coefficient (Wildman–Crippen LogP) is 5.99. The normalized spacial score (nSPS) is 17.9. The molecule has 4 aromatic carbocycles. The van der Waals surface area contributed by atoms with Crippen LogP contribution in [0.2, 0.25) is 0 Å². The van der Waals surface area contributed by atoms with E-state index in [1.54, 1.807) is 0 Å². The number of nitrogens with one attached hydrogen (secondary N) is 1. The first kappa shape index (κ1) is 20.0. The van der Waals surface area contributed by atoms with Crippen molar-refractivity contribution >= 4 is 28.3 Å². The standard InChI is InChI=1S/C30H24N4O/c1-19-16-25-27(17-20(19)2)34-28(31-25)22-12-6-8-14-24(22)32-30(34)23-13-7-9-15-26(23)33(29(30)35)18-21-10-4-3-5-11-21/h3-17,32H,18H2,1-2H3. The largest absolute Gasteiger partial charge is 0.350 e. The summed E-state index contributed by atoms with van der Waals surface area (Å²) < 4.78 is 2.13. The van der Waals surface area contributed by atoms with E-state index >= 15 is 0 Å². The van der Waals surface area contributed by atoms with Crippen LogP contribution in [0.5, 0.6) is 0 Å². The van der Waals surface area contributed by atoms with E-state index < -0.39 is 5.66 Å². The molecule has 0 saturated heterocycles. The van der Waals surface area contributed by atoms with Crippen LogP contribution >= 0.6 is 0 Å². The third-order valence-corrected chi connectivity index (χ3v) is 7.41. The Bertz CT molecular complexity index is 1650. The molecule has 1 atom stereocenters. The van der Waals surface area contributed by atoms with Crippen LogP contribution in [0.1, 0.15) is 22.3 Å². The number of aromatic nitrogens is 2. The van der Waals surface area contributed by atoms with Gasteiger partial charge in [0.2, 0.25) is 5.66 Å². The van der Waals surface area contributed by atoms with E-state index in [0.717, 1.165) is 44.9 Å². The van der Waals surface area contributed by atoms with Gasteiger partial charge in [-0.3, -0.25) is 9.36 Å². The van der Waals surface area contributed by atoms with Gasteiger partial charge < -0.3 is 10.2 Å². The van der Waals surface area contributed by atoms with E-state index in [0.29, 0.717) is 6.54 Å². The number of imidazole rings is 1. The summed E-state index contributed by atoms with van der Waals surface area (Å²) in [6.45, 7) is 4.71. The van der Waals surface area contributed by atoms with Gasteiger partial charge in [-0.2, -0.15) is 0 Å². The van der Waals surface area contributed by atoms with Crippen LogP contribution in [0.3, 0.4) is 0 Å². The van der Waals surface area contributed by atoms with Crippen LogP contribution < -0.4 is 10.2 Å². The summed E-state index contributed by atoms with van der Waals surface area (Å²) in [5.74, 6) is 0.805.